The van der Waals surface area contributed by atoms with Crippen molar-refractivity contribution in [3.8, 4) is 11.8 Å². The van der Waals surface area contributed by atoms with Crippen molar-refractivity contribution in [3.05, 3.63) is 6.07 Å². The van der Waals surface area contributed by atoms with E-state index in [1.54, 1.807) is 0 Å². The first kappa shape index (κ1) is 12.9. The number of hydrogen-bond acceptors (Lipinski definition) is 6. The number of nitrogens with zero attached hydrogens (tertiary/aromatic N) is 2. The van der Waals surface area contributed by atoms with Crippen molar-refractivity contribution in [1.82, 2.24) is 15.3 Å². The Hall–Kier alpha value is -2.16. The molecular formula is C8H10N4O4S. The van der Waals surface area contributed by atoms with E-state index < -0.39 is 6.09 Å². The Bertz CT molecular complexity index is 417. The number of methoxy groups -OCH3 is 2. The van der Waals surface area contributed by atoms with Gasteiger partial charge in [0.25, 0.3) is 0 Å². The molecule has 9 heteroatoms. The fourth-order valence-electron chi connectivity index (χ4n) is 0.899. The summed E-state index contributed by atoms with van der Waals surface area (Å²) >= 11 is 4.71. The lowest BCUT2D eigenvalue weighted by Gasteiger charge is -2.08. The molecule has 0 aromatic carbocycles. The van der Waals surface area contributed by atoms with Crippen LogP contribution in [-0.4, -0.2) is 40.5 Å². The molecule has 0 aliphatic rings. The van der Waals surface area contributed by atoms with E-state index in [0.717, 1.165) is 0 Å². The maximum Gasteiger partial charge on any atom is 0.410 e. The van der Waals surface area contributed by atoms with Crippen molar-refractivity contribution in [2.24, 2.45) is 0 Å². The second-order valence-corrected chi connectivity index (χ2v) is 3.07. The van der Waals surface area contributed by atoms with E-state index >= 15 is 0 Å². The van der Waals surface area contributed by atoms with Crippen LogP contribution in [0.25, 0.3) is 0 Å². The van der Waals surface area contributed by atoms with Crippen molar-refractivity contribution in [3.63, 3.8) is 0 Å². The summed E-state index contributed by atoms with van der Waals surface area (Å²) in [6.07, 6.45) is -1.28. The van der Waals surface area contributed by atoms with Crippen molar-refractivity contribution >= 4 is 29.4 Å². The second-order valence-electron chi connectivity index (χ2n) is 2.66. The number of aromatic nitrogens is 2. The zero-order valence-corrected chi connectivity index (χ0v) is 9.87. The van der Waals surface area contributed by atoms with Crippen LogP contribution in [-0.2, 0) is 0 Å². The molecule has 1 aromatic heterocycles. The number of hydrogen-bond donors (Lipinski definition) is 3. The normalized spacial score (nSPS) is 9.29. The van der Waals surface area contributed by atoms with Crippen molar-refractivity contribution in [1.29, 1.82) is 0 Å². The molecule has 1 rings (SSSR count). The highest BCUT2D eigenvalue weighted by Gasteiger charge is 2.08. The Morgan fingerprint density at radius 1 is 1.35 bits per heavy atom. The zero-order valence-electron chi connectivity index (χ0n) is 9.05. The maximum atomic E-state index is 10.3. The number of ether oxygens (including phenoxy) is 2. The average molecular weight is 258 g/mol. The first-order valence-corrected chi connectivity index (χ1v) is 4.74. The average Bonchev–Trinajstić information content (AvgIpc) is 2.27. The smallest absolute Gasteiger partial charge is 0.410 e. The van der Waals surface area contributed by atoms with E-state index in [9.17, 15) is 4.79 Å². The first-order valence-electron chi connectivity index (χ1n) is 4.33. The minimum atomic E-state index is -1.28. The van der Waals surface area contributed by atoms with Gasteiger partial charge < -0.3 is 19.9 Å². The third kappa shape index (κ3) is 4.07. The molecule has 3 N–H and O–H groups in total. The van der Waals surface area contributed by atoms with Gasteiger partial charge in [-0.15, -0.1) is 0 Å². The highest BCUT2D eigenvalue weighted by molar-refractivity contribution is 7.80. The summed E-state index contributed by atoms with van der Waals surface area (Å²) in [6.45, 7) is 0. The van der Waals surface area contributed by atoms with Gasteiger partial charge >= 0.3 is 6.09 Å². The number of thiocarbonyl (C=S) groups is 1. The largest absolute Gasteiger partial charge is 0.481 e. The quantitative estimate of drug-likeness (QED) is 0.671. The summed E-state index contributed by atoms with van der Waals surface area (Å²) < 4.78 is 9.82. The van der Waals surface area contributed by atoms with E-state index in [1.807, 2.05) is 5.32 Å². The first-order chi connectivity index (χ1) is 8.05. The molecule has 0 aliphatic heterocycles. The molecule has 1 amide bonds. The van der Waals surface area contributed by atoms with Gasteiger partial charge in [0.15, 0.2) is 5.11 Å². The number of amides is 1. The SMILES string of the molecule is COc1cc(OC)nc(NC(=S)NC(=O)O)n1. The number of anilines is 1. The maximum absolute atomic E-state index is 10.3. The zero-order chi connectivity index (χ0) is 12.8. The van der Waals surface area contributed by atoms with Crippen LogP contribution >= 0.6 is 12.2 Å². The molecular weight excluding hydrogens is 248 g/mol. The summed E-state index contributed by atoms with van der Waals surface area (Å²) in [5.74, 6) is 0.593. The number of carboxylic acid groups (broad SMARTS) is 1. The predicted octanol–water partition coefficient (Wildman–Crippen LogP) is 0.458. The Balaban J connectivity index is 2.82. The van der Waals surface area contributed by atoms with E-state index in [1.165, 1.54) is 20.3 Å². The fourth-order valence-corrected chi connectivity index (χ4v) is 1.08. The third-order valence-corrected chi connectivity index (χ3v) is 1.75. The summed E-state index contributed by atoms with van der Waals surface area (Å²) in [7, 11) is 2.86. The van der Waals surface area contributed by atoms with Crippen molar-refractivity contribution < 1.29 is 19.4 Å². The minimum Gasteiger partial charge on any atom is -0.481 e. The number of nitrogens with one attached hydrogen (secondary N) is 2. The van der Waals surface area contributed by atoms with Gasteiger partial charge in [-0.1, -0.05) is 0 Å². The van der Waals surface area contributed by atoms with Gasteiger partial charge in [0.2, 0.25) is 17.7 Å². The summed E-state index contributed by atoms with van der Waals surface area (Å²) in [6, 6.07) is 1.47. The van der Waals surface area contributed by atoms with Gasteiger partial charge in [0.05, 0.1) is 20.3 Å². The molecule has 0 bridgehead atoms. The summed E-state index contributed by atoms with van der Waals surface area (Å²) in [4.78, 5) is 18.1. The van der Waals surface area contributed by atoms with Crippen LogP contribution in [0.1, 0.15) is 0 Å². The molecule has 0 saturated carbocycles. The van der Waals surface area contributed by atoms with Crippen LogP contribution in [0.5, 0.6) is 11.8 Å². The molecule has 0 fully saturated rings. The standard InChI is InChI=1S/C8H10N4O4S/c1-15-4-3-5(16-2)10-6(9-4)11-7(17)12-8(13)14/h3H,1-2H3,(H,13,14)(H2,9,10,11,12,17). The topological polar surface area (TPSA) is 106 Å². The van der Waals surface area contributed by atoms with Gasteiger partial charge in [0.1, 0.15) is 0 Å². The highest BCUT2D eigenvalue weighted by Crippen LogP contribution is 2.16. The van der Waals surface area contributed by atoms with Crippen LogP contribution in [0.4, 0.5) is 10.7 Å². The molecule has 0 unspecified atom stereocenters. The van der Waals surface area contributed by atoms with Crippen LogP contribution < -0.4 is 20.1 Å². The van der Waals surface area contributed by atoms with Crippen LogP contribution in [0.15, 0.2) is 6.07 Å². The molecule has 0 aliphatic carbocycles. The highest BCUT2D eigenvalue weighted by atomic mass is 32.1. The lowest BCUT2D eigenvalue weighted by Crippen LogP contribution is -2.33. The van der Waals surface area contributed by atoms with Gasteiger partial charge in [-0.25, -0.2) is 4.79 Å². The lowest BCUT2D eigenvalue weighted by atomic mass is 10.6. The number of rotatable bonds is 3. The fraction of sp³-hybridized carbons (Fsp3) is 0.250. The minimum absolute atomic E-state index is 0.0694. The molecule has 8 nitrogen and oxygen atoms in total. The van der Waals surface area contributed by atoms with E-state index in [-0.39, 0.29) is 22.8 Å². The molecule has 0 atom stereocenters. The van der Waals surface area contributed by atoms with E-state index in [2.05, 4.69) is 15.3 Å². The third-order valence-electron chi connectivity index (χ3n) is 1.54. The van der Waals surface area contributed by atoms with E-state index in [0.29, 0.717) is 0 Å². The monoisotopic (exact) mass is 258 g/mol. The molecule has 0 spiro atoms. The lowest BCUT2D eigenvalue weighted by molar-refractivity contribution is 0.200. The van der Waals surface area contributed by atoms with Gasteiger partial charge in [-0.05, 0) is 12.2 Å². The molecule has 17 heavy (non-hydrogen) atoms. The Morgan fingerprint density at radius 2 is 1.88 bits per heavy atom. The molecule has 1 aromatic rings. The van der Waals surface area contributed by atoms with Crippen molar-refractivity contribution in [2.45, 2.75) is 0 Å². The Labute approximate surface area is 102 Å². The van der Waals surface area contributed by atoms with Gasteiger partial charge in [-0.3, -0.25) is 5.32 Å². The predicted molar refractivity (Wildman–Crippen MR) is 62.5 cm³/mol. The van der Waals surface area contributed by atoms with E-state index in [4.69, 9.17) is 26.8 Å². The molecule has 0 radical (unpaired) electrons. The second kappa shape index (κ2) is 5.80. The summed E-state index contributed by atoms with van der Waals surface area (Å²) in [5.41, 5.74) is 0. The van der Waals surface area contributed by atoms with Crippen molar-refractivity contribution in [2.75, 3.05) is 19.5 Å². The Morgan fingerprint density at radius 3 is 2.29 bits per heavy atom. The van der Waals surface area contributed by atoms with Crippen LogP contribution in [0.2, 0.25) is 0 Å². The summed E-state index contributed by atoms with van der Waals surface area (Å²) in [5, 5.41) is 12.7. The van der Waals surface area contributed by atoms with Gasteiger partial charge in [0, 0.05) is 0 Å². The molecule has 1 heterocycles. The number of carbonyl (C=O) groups is 1. The van der Waals surface area contributed by atoms with Gasteiger partial charge in [-0.2, -0.15) is 9.97 Å². The van der Waals surface area contributed by atoms with Crippen LogP contribution in [0, 0.1) is 0 Å². The molecule has 0 saturated heterocycles. The molecule has 92 valence electrons. The Kier molecular flexibility index (Phi) is 4.40. The van der Waals surface area contributed by atoms with Crippen LogP contribution in [0.3, 0.4) is 0 Å².